The molecule has 1 saturated heterocycles. The molecule has 3 heterocycles. The molecule has 2 aromatic rings. The van der Waals surface area contributed by atoms with E-state index in [4.69, 9.17) is 0 Å². The molecule has 0 radical (unpaired) electrons. The van der Waals surface area contributed by atoms with E-state index in [-0.39, 0.29) is 0 Å². The molecule has 1 amide bonds. The zero-order valence-corrected chi connectivity index (χ0v) is 15.7. The average Bonchev–Trinajstić information content (AvgIpc) is 2.91. The number of carbonyl (C=O) groups excluding carboxylic acids is 1. The van der Waals surface area contributed by atoms with E-state index in [2.05, 4.69) is 48.9 Å². The van der Waals surface area contributed by atoms with E-state index < -0.39 is 0 Å². The zero-order valence-electron chi connectivity index (χ0n) is 15.7. The van der Waals surface area contributed by atoms with Crippen LogP contribution in [-0.4, -0.2) is 42.0 Å². The van der Waals surface area contributed by atoms with Crippen LogP contribution in [0, 0.1) is 18.8 Å². The van der Waals surface area contributed by atoms with Gasteiger partial charge in [-0.1, -0.05) is 25.5 Å². The van der Waals surface area contributed by atoms with Crippen LogP contribution in [0.1, 0.15) is 37.1 Å². The Morgan fingerprint density at radius 3 is 2.80 bits per heavy atom. The summed E-state index contributed by atoms with van der Waals surface area (Å²) in [6.07, 6.45) is 2.25. The van der Waals surface area contributed by atoms with Crippen molar-refractivity contribution < 1.29 is 9.69 Å². The molecule has 0 bridgehead atoms. The lowest BCUT2D eigenvalue weighted by Gasteiger charge is -2.34. The summed E-state index contributed by atoms with van der Waals surface area (Å²) in [7, 11) is 0. The highest BCUT2D eigenvalue weighted by Gasteiger charge is 2.30. The molecule has 0 aliphatic carbocycles. The Morgan fingerprint density at radius 2 is 2.04 bits per heavy atom. The van der Waals surface area contributed by atoms with Gasteiger partial charge in [-0.2, -0.15) is 0 Å². The van der Waals surface area contributed by atoms with Crippen molar-refractivity contribution in [3.8, 4) is 0 Å². The minimum Gasteiger partial charge on any atom is -0.358 e. The van der Waals surface area contributed by atoms with Gasteiger partial charge in [-0.05, 0) is 25.5 Å². The minimum absolute atomic E-state index is 0.323. The number of likely N-dealkylation sites (tertiary alicyclic amines) is 1. The van der Waals surface area contributed by atoms with Gasteiger partial charge in [-0.3, -0.25) is 4.79 Å². The molecule has 4 nitrogen and oxygen atoms in total. The number of quaternary nitrogens is 1. The fourth-order valence-electron chi connectivity index (χ4n) is 4.93. The second-order valence-electron chi connectivity index (χ2n) is 8.48. The van der Waals surface area contributed by atoms with Gasteiger partial charge in [-0.15, -0.1) is 0 Å². The summed E-state index contributed by atoms with van der Waals surface area (Å²) in [5, 5.41) is 1.29. The maximum Gasteiger partial charge on any atom is 0.278 e. The van der Waals surface area contributed by atoms with E-state index in [0.29, 0.717) is 12.5 Å². The van der Waals surface area contributed by atoms with Crippen molar-refractivity contribution in [2.45, 2.75) is 40.2 Å². The zero-order chi connectivity index (χ0) is 17.6. The lowest BCUT2D eigenvalue weighted by molar-refractivity contribution is -0.904. The number of nitrogens with one attached hydrogen (secondary N) is 2. The summed E-state index contributed by atoms with van der Waals surface area (Å²) in [6, 6.07) is 6.56. The molecule has 2 N–H and O–H groups in total. The van der Waals surface area contributed by atoms with Crippen molar-refractivity contribution >= 4 is 16.8 Å². The first kappa shape index (κ1) is 16.6. The van der Waals surface area contributed by atoms with Crippen molar-refractivity contribution in [3.63, 3.8) is 0 Å². The van der Waals surface area contributed by atoms with E-state index in [1.807, 2.05) is 0 Å². The van der Waals surface area contributed by atoms with Crippen LogP contribution in [0.2, 0.25) is 0 Å². The number of hydrogen-bond donors (Lipinski definition) is 2. The molecule has 0 spiro atoms. The summed E-state index contributed by atoms with van der Waals surface area (Å²) in [6.45, 7) is 11.3. The van der Waals surface area contributed by atoms with Gasteiger partial charge < -0.3 is 14.8 Å². The maximum absolute atomic E-state index is 12.9. The van der Waals surface area contributed by atoms with Crippen molar-refractivity contribution in [2.75, 3.05) is 26.2 Å². The largest absolute Gasteiger partial charge is 0.358 e. The SMILES string of the molecule is Cc1ccc2[nH]c3c(c2c1)CN(C(=O)C[NH+]1C[C@@H](C)C[C@H](C)C1)CC3. The van der Waals surface area contributed by atoms with Gasteiger partial charge >= 0.3 is 0 Å². The Hall–Kier alpha value is -1.81. The molecule has 4 heteroatoms. The van der Waals surface area contributed by atoms with Gasteiger partial charge in [0.05, 0.1) is 13.1 Å². The lowest BCUT2D eigenvalue weighted by Crippen LogP contribution is -3.15. The first-order valence-corrected chi connectivity index (χ1v) is 9.71. The van der Waals surface area contributed by atoms with E-state index >= 15 is 0 Å². The van der Waals surface area contributed by atoms with E-state index in [1.165, 1.54) is 39.0 Å². The number of amides is 1. The average molecular weight is 340 g/mol. The number of carbonyl (C=O) groups is 1. The summed E-state index contributed by atoms with van der Waals surface area (Å²) < 4.78 is 0. The van der Waals surface area contributed by atoms with Crippen LogP contribution in [0.15, 0.2) is 18.2 Å². The standard InChI is InChI=1S/C21H29N3O/c1-14-4-5-19-17(9-14)18-12-24(7-6-20(18)22-19)21(25)13-23-10-15(2)8-16(3)11-23/h4-5,9,15-16,22H,6-8,10-13H2,1-3H3/p+1/t15-,16-/m0/s1. The van der Waals surface area contributed by atoms with Gasteiger partial charge in [0.2, 0.25) is 0 Å². The Kier molecular flexibility index (Phi) is 4.32. The molecule has 0 unspecified atom stereocenters. The normalized spacial score (nSPS) is 26.7. The maximum atomic E-state index is 12.9. The van der Waals surface area contributed by atoms with Crippen LogP contribution in [-0.2, 0) is 17.8 Å². The Bertz CT molecular complexity index is 784. The van der Waals surface area contributed by atoms with Gasteiger partial charge in [0.15, 0.2) is 6.54 Å². The van der Waals surface area contributed by atoms with Gasteiger partial charge in [-0.25, -0.2) is 0 Å². The van der Waals surface area contributed by atoms with Crippen LogP contribution in [0.3, 0.4) is 0 Å². The molecule has 1 aromatic carbocycles. The predicted octanol–water partition coefficient (Wildman–Crippen LogP) is 1.92. The number of H-pyrrole nitrogens is 1. The quantitative estimate of drug-likeness (QED) is 0.862. The number of rotatable bonds is 2. The summed E-state index contributed by atoms with van der Waals surface area (Å²) in [4.78, 5) is 20.0. The summed E-state index contributed by atoms with van der Waals surface area (Å²) in [5.74, 6) is 1.79. The Labute approximate surface area is 150 Å². The molecule has 134 valence electrons. The van der Waals surface area contributed by atoms with Crippen LogP contribution < -0.4 is 4.90 Å². The van der Waals surface area contributed by atoms with E-state index in [9.17, 15) is 4.79 Å². The third-order valence-corrected chi connectivity index (χ3v) is 5.96. The van der Waals surface area contributed by atoms with Crippen molar-refractivity contribution in [1.29, 1.82) is 0 Å². The molecular weight excluding hydrogens is 310 g/mol. The van der Waals surface area contributed by atoms with Gasteiger partial charge in [0.25, 0.3) is 5.91 Å². The molecule has 1 aromatic heterocycles. The van der Waals surface area contributed by atoms with Crippen molar-refractivity contribution in [1.82, 2.24) is 9.88 Å². The molecule has 2 aliphatic rings. The number of hydrogen-bond acceptors (Lipinski definition) is 1. The van der Waals surface area contributed by atoms with Crippen LogP contribution in [0.5, 0.6) is 0 Å². The monoisotopic (exact) mass is 340 g/mol. The minimum atomic E-state index is 0.323. The number of nitrogens with zero attached hydrogens (tertiary/aromatic N) is 1. The highest BCUT2D eigenvalue weighted by molar-refractivity contribution is 5.86. The van der Waals surface area contributed by atoms with Gasteiger partial charge in [0.1, 0.15) is 0 Å². The number of aromatic amines is 1. The number of fused-ring (bicyclic) bond motifs is 3. The third-order valence-electron chi connectivity index (χ3n) is 5.96. The third kappa shape index (κ3) is 3.32. The van der Waals surface area contributed by atoms with Crippen molar-refractivity contribution in [3.05, 3.63) is 35.0 Å². The molecule has 25 heavy (non-hydrogen) atoms. The number of aryl methyl sites for hydroxylation is 1. The van der Waals surface area contributed by atoms with Crippen LogP contribution >= 0.6 is 0 Å². The van der Waals surface area contributed by atoms with Gasteiger partial charge in [0, 0.05) is 53.5 Å². The highest BCUT2D eigenvalue weighted by Crippen LogP contribution is 2.28. The summed E-state index contributed by atoms with van der Waals surface area (Å²) >= 11 is 0. The lowest BCUT2D eigenvalue weighted by atomic mass is 9.92. The fourth-order valence-corrected chi connectivity index (χ4v) is 4.93. The van der Waals surface area contributed by atoms with E-state index in [0.717, 1.165) is 44.4 Å². The molecule has 1 fully saturated rings. The van der Waals surface area contributed by atoms with Crippen LogP contribution in [0.25, 0.3) is 10.9 Å². The van der Waals surface area contributed by atoms with Crippen molar-refractivity contribution in [2.24, 2.45) is 11.8 Å². The first-order valence-electron chi connectivity index (χ1n) is 9.71. The first-order chi connectivity index (χ1) is 12.0. The number of piperidine rings is 1. The summed E-state index contributed by atoms with van der Waals surface area (Å²) in [5.41, 5.74) is 5.12. The second-order valence-corrected chi connectivity index (χ2v) is 8.48. The van der Waals surface area contributed by atoms with Crippen LogP contribution in [0.4, 0.5) is 0 Å². The molecule has 2 atom stereocenters. The Balaban J connectivity index is 1.49. The molecular formula is C21H30N3O+. The molecule has 4 rings (SSSR count). The topological polar surface area (TPSA) is 40.5 Å². The predicted molar refractivity (Wildman–Crippen MR) is 101 cm³/mol. The smallest absolute Gasteiger partial charge is 0.278 e. The Morgan fingerprint density at radius 1 is 1.28 bits per heavy atom. The molecule has 0 saturated carbocycles. The second kappa shape index (κ2) is 6.49. The molecule has 2 aliphatic heterocycles. The number of benzene rings is 1. The fraction of sp³-hybridized carbons (Fsp3) is 0.571. The van der Waals surface area contributed by atoms with E-state index in [1.54, 1.807) is 0 Å². The number of aromatic nitrogens is 1. The highest BCUT2D eigenvalue weighted by atomic mass is 16.2.